The fourth-order valence-electron chi connectivity index (χ4n) is 1.15. The Balaban J connectivity index is 3.63. The number of H-pyrrole nitrogens is 1. The second-order valence-electron chi connectivity index (χ2n) is 3.21. The number of aromatic amines is 1. The van der Waals surface area contributed by atoms with Gasteiger partial charge >= 0.3 is 5.69 Å². The van der Waals surface area contributed by atoms with Crippen LogP contribution in [-0.4, -0.2) is 14.7 Å². The summed E-state index contributed by atoms with van der Waals surface area (Å²) < 4.78 is 1.01. The summed E-state index contributed by atoms with van der Waals surface area (Å²) in [5, 5.41) is 9.47. The van der Waals surface area contributed by atoms with Gasteiger partial charge in [-0.3, -0.25) is 14.3 Å². The lowest BCUT2D eigenvalue weighted by Gasteiger charge is -2.08. The van der Waals surface area contributed by atoms with Crippen molar-refractivity contribution in [3.63, 3.8) is 0 Å². The maximum absolute atomic E-state index is 11.2. The van der Waals surface area contributed by atoms with Crippen LogP contribution in [0, 0.1) is 0 Å². The number of aromatic nitrogens is 2. The highest BCUT2D eigenvalue weighted by Crippen LogP contribution is 2.17. The summed E-state index contributed by atoms with van der Waals surface area (Å²) in [6, 6.07) is 0. The average molecular weight is 184 g/mol. The number of nitrogens with zero attached hydrogens (tertiary/aromatic N) is 1. The largest absolute Gasteiger partial charge is 0.494 e. The van der Waals surface area contributed by atoms with E-state index in [9.17, 15) is 14.7 Å². The monoisotopic (exact) mass is 184 g/mol. The van der Waals surface area contributed by atoms with Gasteiger partial charge in [-0.15, -0.1) is 0 Å². The Labute approximate surface area is 74.7 Å². The summed E-state index contributed by atoms with van der Waals surface area (Å²) in [6.07, 6.45) is 0. The minimum absolute atomic E-state index is 0.115. The van der Waals surface area contributed by atoms with Gasteiger partial charge in [-0.2, -0.15) is 0 Å². The smallest absolute Gasteiger partial charge is 0.330 e. The molecule has 13 heavy (non-hydrogen) atoms. The highest BCUT2D eigenvalue weighted by atomic mass is 16.3. The van der Waals surface area contributed by atoms with Crippen LogP contribution in [0.4, 0.5) is 0 Å². The zero-order valence-corrected chi connectivity index (χ0v) is 7.79. The van der Waals surface area contributed by atoms with Crippen LogP contribution in [-0.2, 0) is 7.05 Å². The number of rotatable bonds is 1. The topological polar surface area (TPSA) is 75.1 Å². The quantitative estimate of drug-likeness (QED) is 0.640. The predicted octanol–water partition coefficient (Wildman–Crippen LogP) is -0.0974. The van der Waals surface area contributed by atoms with Crippen molar-refractivity contribution in [2.24, 2.45) is 7.05 Å². The molecule has 0 atom stereocenters. The van der Waals surface area contributed by atoms with Crippen molar-refractivity contribution >= 4 is 0 Å². The Morgan fingerprint density at radius 3 is 2.38 bits per heavy atom. The van der Waals surface area contributed by atoms with Gasteiger partial charge in [-0.1, -0.05) is 13.8 Å². The molecule has 0 aromatic carbocycles. The van der Waals surface area contributed by atoms with Crippen LogP contribution in [0.1, 0.15) is 25.3 Å². The third kappa shape index (κ3) is 1.49. The van der Waals surface area contributed by atoms with Crippen LogP contribution in [0.15, 0.2) is 9.59 Å². The summed E-state index contributed by atoms with van der Waals surface area (Å²) >= 11 is 0. The van der Waals surface area contributed by atoms with E-state index < -0.39 is 11.2 Å². The fraction of sp³-hybridized carbons (Fsp3) is 0.500. The molecule has 72 valence electrons. The first-order valence-corrected chi connectivity index (χ1v) is 3.97. The molecule has 0 spiro atoms. The fourth-order valence-corrected chi connectivity index (χ4v) is 1.15. The normalized spacial score (nSPS) is 10.8. The van der Waals surface area contributed by atoms with Gasteiger partial charge in [0.2, 0.25) is 5.88 Å². The van der Waals surface area contributed by atoms with Gasteiger partial charge in [-0.05, 0) is 5.92 Å². The molecule has 5 heteroatoms. The van der Waals surface area contributed by atoms with Gasteiger partial charge in [-0.25, -0.2) is 4.79 Å². The van der Waals surface area contributed by atoms with Gasteiger partial charge in [0.05, 0.1) is 5.56 Å². The molecule has 0 saturated heterocycles. The lowest BCUT2D eigenvalue weighted by molar-refractivity contribution is 0.406. The van der Waals surface area contributed by atoms with Gasteiger partial charge < -0.3 is 5.11 Å². The van der Waals surface area contributed by atoms with Gasteiger partial charge in [0.1, 0.15) is 0 Å². The zero-order chi connectivity index (χ0) is 10.2. The summed E-state index contributed by atoms with van der Waals surface area (Å²) in [5.74, 6) is -0.376. The molecule has 0 aliphatic rings. The lowest BCUT2D eigenvalue weighted by Crippen LogP contribution is -2.31. The first-order valence-electron chi connectivity index (χ1n) is 3.97. The molecule has 5 nitrogen and oxygen atoms in total. The average Bonchev–Trinajstić information content (AvgIpc) is 1.99. The van der Waals surface area contributed by atoms with Crippen LogP contribution in [0.25, 0.3) is 0 Å². The summed E-state index contributed by atoms with van der Waals surface area (Å²) in [4.78, 5) is 24.3. The van der Waals surface area contributed by atoms with E-state index in [1.165, 1.54) is 7.05 Å². The van der Waals surface area contributed by atoms with Crippen molar-refractivity contribution in [3.8, 4) is 5.88 Å². The molecule has 0 saturated carbocycles. The molecule has 1 rings (SSSR count). The summed E-state index contributed by atoms with van der Waals surface area (Å²) in [6.45, 7) is 3.55. The maximum atomic E-state index is 11.2. The second kappa shape index (κ2) is 3.08. The van der Waals surface area contributed by atoms with E-state index in [0.29, 0.717) is 0 Å². The molecular weight excluding hydrogens is 172 g/mol. The van der Waals surface area contributed by atoms with Crippen molar-refractivity contribution in [2.75, 3.05) is 0 Å². The Kier molecular flexibility index (Phi) is 2.27. The third-order valence-corrected chi connectivity index (χ3v) is 1.91. The van der Waals surface area contributed by atoms with E-state index in [2.05, 4.69) is 4.98 Å². The Morgan fingerprint density at radius 1 is 1.38 bits per heavy atom. The van der Waals surface area contributed by atoms with Gasteiger partial charge in [0.25, 0.3) is 5.56 Å². The van der Waals surface area contributed by atoms with E-state index in [0.717, 1.165) is 4.57 Å². The predicted molar refractivity (Wildman–Crippen MR) is 48.1 cm³/mol. The summed E-state index contributed by atoms with van der Waals surface area (Å²) in [7, 11) is 1.40. The minimum atomic E-state index is -0.605. The molecular formula is C8H12N2O3. The number of hydrogen-bond acceptors (Lipinski definition) is 3. The highest BCUT2D eigenvalue weighted by molar-refractivity contribution is 5.25. The van der Waals surface area contributed by atoms with E-state index in [-0.39, 0.29) is 17.4 Å². The SMILES string of the molecule is CC(C)c1c(O)n(C)c(=O)[nH]c1=O. The first kappa shape index (κ1) is 9.57. The van der Waals surface area contributed by atoms with E-state index in [1.54, 1.807) is 13.8 Å². The van der Waals surface area contributed by atoms with Crippen LogP contribution >= 0.6 is 0 Å². The van der Waals surface area contributed by atoms with Crippen LogP contribution in [0.3, 0.4) is 0 Å². The molecule has 1 aromatic rings. The molecule has 1 aromatic heterocycles. The van der Waals surface area contributed by atoms with Crippen LogP contribution in [0.5, 0.6) is 5.88 Å². The van der Waals surface area contributed by atoms with Crippen molar-refractivity contribution in [1.29, 1.82) is 0 Å². The Hall–Kier alpha value is -1.52. The molecule has 2 N–H and O–H groups in total. The standard InChI is InChI=1S/C8H12N2O3/c1-4(2)5-6(11)9-8(13)10(3)7(5)12/h4,12H,1-3H3,(H,9,11,13). The van der Waals surface area contributed by atoms with Crippen molar-refractivity contribution in [1.82, 2.24) is 9.55 Å². The summed E-state index contributed by atoms with van der Waals surface area (Å²) in [5.41, 5.74) is -0.885. The number of nitrogens with one attached hydrogen (secondary N) is 1. The third-order valence-electron chi connectivity index (χ3n) is 1.91. The molecule has 0 amide bonds. The molecule has 0 unspecified atom stereocenters. The van der Waals surface area contributed by atoms with Crippen LogP contribution in [0.2, 0.25) is 0 Å². The maximum Gasteiger partial charge on any atom is 0.330 e. The first-order chi connectivity index (χ1) is 5.95. The van der Waals surface area contributed by atoms with Crippen molar-refractivity contribution in [3.05, 3.63) is 26.4 Å². The molecule has 0 aliphatic carbocycles. The van der Waals surface area contributed by atoms with E-state index in [4.69, 9.17) is 0 Å². The molecule has 0 radical (unpaired) electrons. The number of hydrogen-bond donors (Lipinski definition) is 2. The number of aromatic hydroxyl groups is 1. The van der Waals surface area contributed by atoms with Gasteiger partial charge in [0.15, 0.2) is 0 Å². The van der Waals surface area contributed by atoms with Crippen LogP contribution < -0.4 is 11.2 Å². The van der Waals surface area contributed by atoms with E-state index in [1.807, 2.05) is 0 Å². The molecule has 0 bridgehead atoms. The van der Waals surface area contributed by atoms with E-state index >= 15 is 0 Å². The van der Waals surface area contributed by atoms with Gasteiger partial charge in [0, 0.05) is 7.05 Å². The molecule has 1 heterocycles. The Bertz CT molecular complexity index is 428. The van der Waals surface area contributed by atoms with Crippen molar-refractivity contribution in [2.45, 2.75) is 19.8 Å². The molecule has 0 aliphatic heterocycles. The Morgan fingerprint density at radius 2 is 1.92 bits per heavy atom. The lowest BCUT2D eigenvalue weighted by atomic mass is 10.1. The minimum Gasteiger partial charge on any atom is -0.494 e. The highest BCUT2D eigenvalue weighted by Gasteiger charge is 2.14. The second-order valence-corrected chi connectivity index (χ2v) is 3.21. The molecule has 0 fully saturated rings. The zero-order valence-electron chi connectivity index (χ0n) is 7.79. The van der Waals surface area contributed by atoms with Crippen molar-refractivity contribution < 1.29 is 5.11 Å².